The van der Waals surface area contributed by atoms with Crippen LogP contribution >= 0.6 is 0 Å². The Morgan fingerprint density at radius 2 is 1.95 bits per heavy atom. The van der Waals surface area contributed by atoms with Crippen molar-refractivity contribution in [1.29, 1.82) is 0 Å². The van der Waals surface area contributed by atoms with Crippen molar-refractivity contribution in [3.63, 3.8) is 0 Å². The Hall–Kier alpha value is -2.23. The largest absolute Gasteiger partial charge is 0.469 e. The standard InChI is InChI=1S/C16H21N3O/c1-13-5-7-14(8-6-13)12-19-16(17-2)18-10-9-15-4-3-11-20-15/h3-8,11H,9-10,12H2,1-2H3,(H2,17,18,19). The molecule has 2 aromatic rings. The molecular formula is C16H21N3O. The molecule has 0 bridgehead atoms. The van der Waals surface area contributed by atoms with Crippen LogP contribution in [0.15, 0.2) is 52.1 Å². The summed E-state index contributed by atoms with van der Waals surface area (Å²) in [5.41, 5.74) is 2.51. The summed E-state index contributed by atoms with van der Waals surface area (Å²) in [5.74, 6) is 1.78. The molecular weight excluding hydrogens is 250 g/mol. The summed E-state index contributed by atoms with van der Waals surface area (Å²) in [6.07, 6.45) is 2.54. The van der Waals surface area contributed by atoms with Gasteiger partial charge >= 0.3 is 0 Å². The minimum atomic E-state index is 0.765. The Kier molecular flexibility index (Phi) is 5.24. The molecule has 106 valence electrons. The van der Waals surface area contributed by atoms with E-state index in [-0.39, 0.29) is 0 Å². The highest BCUT2D eigenvalue weighted by atomic mass is 16.3. The lowest BCUT2D eigenvalue weighted by Gasteiger charge is -2.11. The predicted molar refractivity (Wildman–Crippen MR) is 81.8 cm³/mol. The highest BCUT2D eigenvalue weighted by Crippen LogP contribution is 2.02. The number of furan rings is 1. The number of aryl methyl sites for hydroxylation is 1. The SMILES string of the molecule is CN=C(NCCc1ccco1)NCc1ccc(C)cc1. The van der Waals surface area contributed by atoms with Crippen molar-refractivity contribution in [2.45, 2.75) is 19.9 Å². The average molecular weight is 271 g/mol. The second-order valence-corrected chi connectivity index (χ2v) is 4.67. The van der Waals surface area contributed by atoms with Crippen molar-refractivity contribution >= 4 is 5.96 Å². The molecule has 2 N–H and O–H groups in total. The highest BCUT2D eigenvalue weighted by molar-refractivity contribution is 5.79. The van der Waals surface area contributed by atoms with Gasteiger partial charge in [0.25, 0.3) is 0 Å². The van der Waals surface area contributed by atoms with E-state index < -0.39 is 0 Å². The maximum atomic E-state index is 5.29. The number of guanidine groups is 1. The third-order valence-corrected chi connectivity index (χ3v) is 3.05. The molecule has 0 aliphatic heterocycles. The molecule has 0 atom stereocenters. The maximum Gasteiger partial charge on any atom is 0.191 e. The van der Waals surface area contributed by atoms with Gasteiger partial charge in [-0.15, -0.1) is 0 Å². The van der Waals surface area contributed by atoms with Crippen LogP contribution in [0.1, 0.15) is 16.9 Å². The molecule has 0 saturated heterocycles. The van der Waals surface area contributed by atoms with Crippen LogP contribution in [0.3, 0.4) is 0 Å². The minimum absolute atomic E-state index is 0.765. The topological polar surface area (TPSA) is 49.6 Å². The molecule has 0 unspecified atom stereocenters. The number of nitrogens with zero attached hydrogens (tertiary/aromatic N) is 1. The number of hydrogen-bond acceptors (Lipinski definition) is 2. The van der Waals surface area contributed by atoms with Crippen LogP contribution in [-0.2, 0) is 13.0 Å². The lowest BCUT2D eigenvalue weighted by molar-refractivity contribution is 0.507. The first-order valence-corrected chi connectivity index (χ1v) is 6.80. The Labute approximate surface area is 119 Å². The number of nitrogens with one attached hydrogen (secondary N) is 2. The predicted octanol–water partition coefficient (Wildman–Crippen LogP) is 2.50. The van der Waals surface area contributed by atoms with E-state index in [9.17, 15) is 0 Å². The van der Waals surface area contributed by atoms with Crippen LogP contribution in [0.4, 0.5) is 0 Å². The van der Waals surface area contributed by atoms with Gasteiger partial charge in [-0.1, -0.05) is 29.8 Å². The summed E-state index contributed by atoms with van der Waals surface area (Å²) in [5, 5.41) is 6.56. The first-order chi connectivity index (χ1) is 9.78. The zero-order valence-electron chi connectivity index (χ0n) is 12.0. The molecule has 0 saturated carbocycles. The fourth-order valence-electron chi connectivity index (χ4n) is 1.87. The summed E-state index contributed by atoms with van der Waals surface area (Å²) >= 11 is 0. The second-order valence-electron chi connectivity index (χ2n) is 4.67. The number of benzene rings is 1. The molecule has 0 fully saturated rings. The summed E-state index contributed by atoms with van der Waals surface area (Å²) < 4.78 is 5.29. The fraction of sp³-hybridized carbons (Fsp3) is 0.312. The molecule has 0 amide bonds. The first-order valence-electron chi connectivity index (χ1n) is 6.80. The zero-order chi connectivity index (χ0) is 14.2. The average Bonchev–Trinajstić information content (AvgIpc) is 2.97. The molecule has 2 rings (SSSR count). The molecule has 1 heterocycles. The van der Waals surface area contributed by atoms with Gasteiger partial charge in [0.15, 0.2) is 5.96 Å². The normalized spacial score (nSPS) is 11.4. The van der Waals surface area contributed by atoms with E-state index in [1.165, 1.54) is 11.1 Å². The smallest absolute Gasteiger partial charge is 0.191 e. The van der Waals surface area contributed by atoms with Crippen molar-refractivity contribution in [2.75, 3.05) is 13.6 Å². The van der Waals surface area contributed by atoms with Gasteiger partial charge in [0.1, 0.15) is 5.76 Å². The Bertz CT molecular complexity index is 529. The van der Waals surface area contributed by atoms with E-state index in [0.717, 1.165) is 31.2 Å². The van der Waals surface area contributed by atoms with Crippen LogP contribution in [0.2, 0.25) is 0 Å². The van der Waals surface area contributed by atoms with Crippen LogP contribution in [0.25, 0.3) is 0 Å². The van der Waals surface area contributed by atoms with E-state index in [4.69, 9.17) is 4.42 Å². The molecule has 0 aliphatic rings. The maximum absolute atomic E-state index is 5.29. The van der Waals surface area contributed by atoms with Gasteiger partial charge in [0.05, 0.1) is 6.26 Å². The monoisotopic (exact) mass is 271 g/mol. The number of hydrogen-bond donors (Lipinski definition) is 2. The Balaban J connectivity index is 1.73. The van der Waals surface area contributed by atoms with Crippen molar-refractivity contribution in [1.82, 2.24) is 10.6 Å². The van der Waals surface area contributed by atoms with E-state index >= 15 is 0 Å². The molecule has 0 aliphatic carbocycles. The third kappa shape index (κ3) is 4.46. The van der Waals surface area contributed by atoms with Gasteiger partial charge in [-0.2, -0.15) is 0 Å². The summed E-state index contributed by atoms with van der Waals surface area (Å²) in [4.78, 5) is 4.20. The van der Waals surface area contributed by atoms with Crippen LogP contribution in [0.5, 0.6) is 0 Å². The second kappa shape index (κ2) is 7.38. The van der Waals surface area contributed by atoms with Crippen LogP contribution < -0.4 is 10.6 Å². The van der Waals surface area contributed by atoms with Gasteiger partial charge in [-0.05, 0) is 24.6 Å². The van der Waals surface area contributed by atoms with Crippen molar-refractivity contribution < 1.29 is 4.42 Å². The highest BCUT2D eigenvalue weighted by Gasteiger charge is 1.99. The summed E-state index contributed by atoms with van der Waals surface area (Å²) in [7, 11) is 1.78. The van der Waals surface area contributed by atoms with Gasteiger partial charge in [-0.25, -0.2) is 0 Å². The zero-order valence-corrected chi connectivity index (χ0v) is 12.0. The molecule has 0 spiro atoms. The van der Waals surface area contributed by atoms with E-state index in [1.54, 1.807) is 13.3 Å². The van der Waals surface area contributed by atoms with E-state index in [1.807, 2.05) is 12.1 Å². The van der Waals surface area contributed by atoms with E-state index in [2.05, 4.69) is 46.8 Å². The van der Waals surface area contributed by atoms with Gasteiger partial charge in [-0.3, -0.25) is 4.99 Å². The minimum Gasteiger partial charge on any atom is -0.469 e. The van der Waals surface area contributed by atoms with Crippen molar-refractivity contribution in [3.8, 4) is 0 Å². The molecule has 1 aromatic heterocycles. The molecule has 1 aromatic carbocycles. The van der Waals surface area contributed by atoms with E-state index in [0.29, 0.717) is 0 Å². The van der Waals surface area contributed by atoms with Crippen LogP contribution in [-0.4, -0.2) is 19.6 Å². The van der Waals surface area contributed by atoms with Gasteiger partial charge < -0.3 is 15.1 Å². The van der Waals surface area contributed by atoms with Crippen molar-refractivity contribution in [3.05, 3.63) is 59.5 Å². The fourth-order valence-corrected chi connectivity index (χ4v) is 1.87. The third-order valence-electron chi connectivity index (χ3n) is 3.05. The summed E-state index contributed by atoms with van der Waals surface area (Å²) in [6, 6.07) is 12.4. The van der Waals surface area contributed by atoms with Gasteiger partial charge in [0.2, 0.25) is 0 Å². The van der Waals surface area contributed by atoms with Crippen LogP contribution in [0, 0.1) is 6.92 Å². The Morgan fingerprint density at radius 3 is 2.60 bits per heavy atom. The first kappa shape index (κ1) is 14.2. The number of aliphatic imine (C=N–C) groups is 1. The molecule has 4 heteroatoms. The molecule has 20 heavy (non-hydrogen) atoms. The lowest BCUT2D eigenvalue weighted by Crippen LogP contribution is -2.37. The summed E-state index contributed by atoms with van der Waals surface area (Å²) in [6.45, 7) is 3.65. The number of rotatable bonds is 5. The van der Waals surface area contributed by atoms with Crippen molar-refractivity contribution in [2.24, 2.45) is 4.99 Å². The molecule has 0 radical (unpaired) electrons. The van der Waals surface area contributed by atoms with Gasteiger partial charge in [0, 0.05) is 26.6 Å². The molecule has 4 nitrogen and oxygen atoms in total. The Morgan fingerprint density at radius 1 is 1.15 bits per heavy atom. The lowest BCUT2D eigenvalue weighted by atomic mass is 10.1. The quantitative estimate of drug-likeness (QED) is 0.649.